The molecule has 0 fully saturated rings. The number of hydrogen-bond acceptors (Lipinski definition) is 7. The highest BCUT2D eigenvalue weighted by Gasteiger charge is 2.18. The molecule has 0 saturated carbocycles. The van der Waals surface area contributed by atoms with Gasteiger partial charge in [-0.25, -0.2) is 0 Å². The van der Waals surface area contributed by atoms with E-state index in [0.717, 1.165) is 5.76 Å². The van der Waals surface area contributed by atoms with E-state index in [0.29, 0.717) is 40.4 Å². The van der Waals surface area contributed by atoms with Crippen molar-refractivity contribution < 1.29 is 23.0 Å². The number of benzene rings is 1. The summed E-state index contributed by atoms with van der Waals surface area (Å²) in [6, 6.07) is 7.10. The van der Waals surface area contributed by atoms with Crippen LogP contribution in [0.3, 0.4) is 0 Å². The molecule has 2 aromatic heterocycles. The number of nitrogens with zero attached hydrogens (tertiary/aromatic N) is 2. The van der Waals surface area contributed by atoms with Crippen LogP contribution in [-0.4, -0.2) is 31.5 Å². The van der Waals surface area contributed by atoms with E-state index in [1.807, 2.05) is 13.0 Å². The van der Waals surface area contributed by atoms with Crippen molar-refractivity contribution in [2.24, 2.45) is 0 Å². The minimum atomic E-state index is 0.307. The molecular formula is C16H16N2O5. The molecule has 0 radical (unpaired) electrons. The van der Waals surface area contributed by atoms with E-state index in [1.54, 1.807) is 39.5 Å². The molecule has 7 heteroatoms. The summed E-state index contributed by atoms with van der Waals surface area (Å²) in [6.07, 6.45) is 0. The topological polar surface area (TPSA) is 79.8 Å². The summed E-state index contributed by atoms with van der Waals surface area (Å²) in [5.41, 5.74) is 0.654. The lowest BCUT2D eigenvalue weighted by atomic mass is 10.2. The van der Waals surface area contributed by atoms with E-state index in [1.165, 1.54) is 0 Å². The number of aryl methyl sites for hydroxylation is 1. The summed E-state index contributed by atoms with van der Waals surface area (Å²) < 4.78 is 27.1. The second kappa shape index (κ2) is 6.04. The zero-order valence-electron chi connectivity index (χ0n) is 13.2. The van der Waals surface area contributed by atoms with E-state index in [4.69, 9.17) is 23.0 Å². The molecule has 120 valence electrons. The molecule has 0 aliphatic rings. The zero-order valence-corrected chi connectivity index (χ0v) is 13.2. The predicted octanol–water partition coefficient (Wildman–Crippen LogP) is 3.33. The first-order valence-corrected chi connectivity index (χ1v) is 6.87. The van der Waals surface area contributed by atoms with Crippen molar-refractivity contribution in [1.29, 1.82) is 0 Å². The van der Waals surface area contributed by atoms with Crippen LogP contribution >= 0.6 is 0 Å². The number of hydrogen-bond donors (Lipinski definition) is 0. The minimum absolute atomic E-state index is 0.307. The van der Waals surface area contributed by atoms with Crippen LogP contribution in [0, 0.1) is 6.92 Å². The van der Waals surface area contributed by atoms with Gasteiger partial charge in [-0.05, 0) is 31.2 Å². The van der Waals surface area contributed by atoms with Gasteiger partial charge in [-0.3, -0.25) is 0 Å². The summed E-state index contributed by atoms with van der Waals surface area (Å²) in [5, 5.41) is 8.06. The van der Waals surface area contributed by atoms with Crippen LogP contribution in [0.2, 0.25) is 0 Å². The van der Waals surface area contributed by atoms with Crippen molar-refractivity contribution in [3.63, 3.8) is 0 Å². The predicted molar refractivity (Wildman–Crippen MR) is 81.8 cm³/mol. The molecule has 2 heterocycles. The fourth-order valence-corrected chi connectivity index (χ4v) is 2.19. The fraction of sp³-hybridized carbons (Fsp3) is 0.250. The molecular weight excluding hydrogens is 300 g/mol. The van der Waals surface area contributed by atoms with Crippen molar-refractivity contribution in [3.05, 3.63) is 30.0 Å². The average molecular weight is 316 g/mol. The van der Waals surface area contributed by atoms with Gasteiger partial charge in [0, 0.05) is 5.56 Å². The fourth-order valence-electron chi connectivity index (χ4n) is 2.19. The second-order valence-electron chi connectivity index (χ2n) is 4.74. The third-order valence-corrected chi connectivity index (χ3v) is 3.29. The van der Waals surface area contributed by atoms with Crippen molar-refractivity contribution in [3.8, 4) is 40.4 Å². The lowest BCUT2D eigenvalue weighted by Crippen LogP contribution is -1.95. The Morgan fingerprint density at radius 3 is 2.00 bits per heavy atom. The monoisotopic (exact) mass is 316 g/mol. The van der Waals surface area contributed by atoms with Crippen LogP contribution < -0.4 is 14.2 Å². The zero-order chi connectivity index (χ0) is 16.4. The first-order chi connectivity index (χ1) is 11.2. The Hall–Kier alpha value is -2.96. The highest BCUT2D eigenvalue weighted by Crippen LogP contribution is 2.41. The van der Waals surface area contributed by atoms with Crippen LogP contribution in [0.25, 0.3) is 23.1 Å². The molecule has 0 N–H and O–H groups in total. The maximum absolute atomic E-state index is 5.67. The molecule has 23 heavy (non-hydrogen) atoms. The molecule has 0 unspecified atom stereocenters. The quantitative estimate of drug-likeness (QED) is 0.714. The smallest absolute Gasteiger partial charge is 0.283 e. The third-order valence-electron chi connectivity index (χ3n) is 3.29. The number of rotatable bonds is 5. The number of methoxy groups -OCH3 is 3. The molecule has 0 bridgehead atoms. The maximum Gasteiger partial charge on any atom is 0.283 e. The Bertz CT molecular complexity index is 796. The van der Waals surface area contributed by atoms with Gasteiger partial charge in [0.05, 0.1) is 21.3 Å². The molecule has 0 aliphatic carbocycles. The number of furan rings is 1. The molecule has 0 spiro atoms. The Labute approximate surface area is 132 Å². The summed E-state index contributed by atoms with van der Waals surface area (Å²) >= 11 is 0. The van der Waals surface area contributed by atoms with Crippen LogP contribution in [0.4, 0.5) is 0 Å². The van der Waals surface area contributed by atoms with Gasteiger partial charge < -0.3 is 23.0 Å². The molecule has 0 amide bonds. The highest BCUT2D eigenvalue weighted by atomic mass is 16.5. The minimum Gasteiger partial charge on any atom is -0.493 e. The number of ether oxygens (including phenoxy) is 3. The van der Waals surface area contributed by atoms with Crippen molar-refractivity contribution in [2.75, 3.05) is 21.3 Å². The molecule has 0 aliphatic heterocycles. The van der Waals surface area contributed by atoms with Gasteiger partial charge in [0.15, 0.2) is 17.3 Å². The van der Waals surface area contributed by atoms with Gasteiger partial charge in [-0.1, -0.05) is 0 Å². The summed E-state index contributed by atoms with van der Waals surface area (Å²) in [5.74, 6) is 3.45. The van der Waals surface area contributed by atoms with Gasteiger partial charge in [-0.2, -0.15) is 0 Å². The third kappa shape index (κ3) is 2.73. The molecule has 7 nitrogen and oxygen atoms in total. The van der Waals surface area contributed by atoms with E-state index in [2.05, 4.69) is 10.2 Å². The molecule has 3 aromatic rings. The van der Waals surface area contributed by atoms with Crippen LogP contribution in [0.5, 0.6) is 17.2 Å². The summed E-state index contributed by atoms with van der Waals surface area (Å²) in [7, 11) is 4.64. The van der Waals surface area contributed by atoms with Gasteiger partial charge in [0.2, 0.25) is 11.6 Å². The Morgan fingerprint density at radius 2 is 1.48 bits per heavy atom. The Morgan fingerprint density at radius 1 is 0.826 bits per heavy atom. The van der Waals surface area contributed by atoms with E-state index >= 15 is 0 Å². The lowest BCUT2D eigenvalue weighted by molar-refractivity contribution is 0.324. The highest BCUT2D eigenvalue weighted by molar-refractivity contribution is 5.66. The van der Waals surface area contributed by atoms with E-state index in [9.17, 15) is 0 Å². The Balaban J connectivity index is 2.03. The normalized spacial score (nSPS) is 10.6. The molecule has 0 atom stereocenters. The van der Waals surface area contributed by atoms with Gasteiger partial charge >= 0.3 is 0 Å². The van der Waals surface area contributed by atoms with Crippen molar-refractivity contribution in [1.82, 2.24) is 10.2 Å². The summed E-state index contributed by atoms with van der Waals surface area (Å²) in [4.78, 5) is 0. The van der Waals surface area contributed by atoms with Crippen molar-refractivity contribution in [2.45, 2.75) is 6.92 Å². The molecule has 0 saturated heterocycles. The van der Waals surface area contributed by atoms with E-state index < -0.39 is 0 Å². The van der Waals surface area contributed by atoms with Crippen LogP contribution in [0.1, 0.15) is 5.76 Å². The summed E-state index contributed by atoms with van der Waals surface area (Å²) in [6.45, 7) is 1.85. The molecule has 3 rings (SSSR count). The number of aromatic nitrogens is 2. The first kappa shape index (κ1) is 15.0. The SMILES string of the molecule is COc1cc(-c2nnc(-c3ccc(C)o3)o2)cc(OC)c1OC. The van der Waals surface area contributed by atoms with Crippen molar-refractivity contribution >= 4 is 0 Å². The lowest BCUT2D eigenvalue weighted by Gasteiger charge is -2.12. The second-order valence-corrected chi connectivity index (χ2v) is 4.74. The molecule has 1 aromatic carbocycles. The average Bonchev–Trinajstić information content (AvgIpc) is 3.22. The largest absolute Gasteiger partial charge is 0.493 e. The van der Waals surface area contributed by atoms with Crippen LogP contribution in [-0.2, 0) is 0 Å². The first-order valence-electron chi connectivity index (χ1n) is 6.87. The van der Waals surface area contributed by atoms with Gasteiger partial charge in [0.1, 0.15) is 5.76 Å². The maximum atomic E-state index is 5.67. The standard InChI is InChI=1S/C16H16N2O5/c1-9-5-6-11(22-9)16-18-17-15(23-16)10-7-12(19-2)14(21-4)13(8-10)20-3/h5-8H,1-4H3. The Kier molecular flexibility index (Phi) is 3.92. The van der Waals surface area contributed by atoms with Gasteiger partial charge in [0.25, 0.3) is 5.89 Å². The van der Waals surface area contributed by atoms with E-state index in [-0.39, 0.29) is 0 Å². The van der Waals surface area contributed by atoms with Crippen LogP contribution in [0.15, 0.2) is 33.1 Å². The van der Waals surface area contributed by atoms with Gasteiger partial charge in [-0.15, -0.1) is 10.2 Å².